The molecule has 2 aromatic heterocycles. The quantitative estimate of drug-likeness (QED) is 0.797. The van der Waals surface area contributed by atoms with Gasteiger partial charge in [-0.2, -0.15) is 0 Å². The minimum absolute atomic E-state index is 0.527. The second kappa shape index (κ2) is 5.13. The van der Waals surface area contributed by atoms with Crippen molar-refractivity contribution in [3.05, 3.63) is 34.9 Å². The Morgan fingerprint density at radius 1 is 1.15 bits per heavy atom. The van der Waals surface area contributed by atoms with Crippen molar-refractivity contribution in [3.63, 3.8) is 0 Å². The third-order valence-electron chi connectivity index (χ3n) is 2.96. The second-order valence-corrected chi connectivity index (χ2v) is 5.09. The smallest absolute Gasteiger partial charge is 0.224 e. The van der Waals surface area contributed by atoms with E-state index in [0.29, 0.717) is 11.7 Å². The molecule has 5 nitrogen and oxygen atoms in total. The van der Waals surface area contributed by atoms with E-state index in [1.54, 1.807) is 20.4 Å². The summed E-state index contributed by atoms with van der Waals surface area (Å²) in [5.74, 6) is 2.02. The number of H-pyrrole nitrogens is 1. The zero-order valence-corrected chi connectivity index (χ0v) is 12.6. The Kier molecular flexibility index (Phi) is 3.31. The Hall–Kier alpha value is -2.08. The fraction of sp³-hybridized carbons (Fsp3) is 0.143. The Morgan fingerprint density at radius 3 is 2.75 bits per heavy atom. The first-order valence-corrected chi connectivity index (χ1v) is 6.74. The lowest BCUT2D eigenvalue weighted by Gasteiger charge is -2.04. The number of pyridine rings is 1. The van der Waals surface area contributed by atoms with Gasteiger partial charge in [-0.05, 0) is 34.1 Å². The van der Waals surface area contributed by atoms with Crippen LogP contribution in [0.5, 0.6) is 11.6 Å². The summed E-state index contributed by atoms with van der Waals surface area (Å²) >= 11 is 3.41. The lowest BCUT2D eigenvalue weighted by atomic mass is 10.2. The molecule has 3 rings (SSSR count). The summed E-state index contributed by atoms with van der Waals surface area (Å²) in [6.45, 7) is 0. The maximum atomic E-state index is 5.28. The van der Waals surface area contributed by atoms with E-state index < -0.39 is 0 Å². The number of benzene rings is 1. The molecule has 102 valence electrons. The minimum atomic E-state index is 0.527. The van der Waals surface area contributed by atoms with Crippen LogP contribution in [-0.2, 0) is 0 Å². The molecule has 0 aliphatic heterocycles. The number of hydrogen-bond donors (Lipinski definition) is 1. The zero-order chi connectivity index (χ0) is 14.1. The van der Waals surface area contributed by atoms with Crippen molar-refractivity contribution < 1.29 is 9.47 Å². The molecule has 1 N–H and O–H groups in total. The highest BCUT2D eigenvalue weighted by Gasteiger charge is 2.12. The van der Waals surface area contributed by atoms with Gasteiger partial charge >= 0.3 is 0 Å². The number of aromatic nitrogens is 3. The predicted octanol–water partition coefficient (Wildman–Crippen LogP) is 3.40. The van der Waals surface area contributed by atoms with Crippen LogP contribution in [0.1, 0.15) is 0 Å². The molecule has 0 radical (unpaired) electrons. The van der Waals surface area contributed by atoms with Gasteiger partial charge in [0.2, 0.25) is 5.88 Å². The van der Waals surface area contributed by atoms with E-state index in [-0.39, 0.29) is 0 Å². The third kappa shape index (κ3) is 2.22. The average Bonchev–Trinajstić information content (AvgIpc) is 2.89. The van der Waals surface area contributed by atoms with Crippen molar-refractivity contribution in [2.75, 3.05) is 14.2 Å². The van der Waals surface area contributed by atoms with Crippen LogP contribution in [0.3, 0.4) is 0 Å². The first-order chi connectivity index (χ1) is 9.71. The van der Waals surface area contributed by atoms with E-state index in [1.165, 1.54) is 0 Å². The van der Waals surface area contributed by atoms with Gasteiger partial charge in [-0.15, -0.1) is 0 Å². The lowest BCUT2D eigenvalue weighted by molar-refractivity contribution is 0.399. The summed E-state index contributed by atoms with van der Waals surface area (Å²) in [4.78, 5) is 12.0. The highest BCUT2D eigenvalue weighted by Crippen LogP contribution is 2.30. The van der Waals surface area contributed by atoms with Crippen molar-refractivity contribution in [1.82, 2.24) is 15.0 Å². The zero-order valence-electron chi connectivity index (χ0n) is 11.0. The first kappa shape index (κ1) is 12.9. The average molecular weight is 334 g/mol. The Morgan fingerprint density at radius 2 is 2.00 bits per heavy atom. The second-order valence-electron chi connectivity index (χ2n) is 4.18. The van der Waals surface area contributed by atoms with Crippen LogP contribution in [0.25, 0.3) is 22.4 Å². The number of imidazole rings is 1. The molecule has 0 amide bonds. The molecule has 0 aliphatic rings. The van der Waals surface area contributed by atoms with Crippen molar-refractivity contribution in [1.29, 1.82) is 0 Å². The molecule has 3 aromatic rings. The highest BCUT2D eigenvalue weighted by molar-refractivity contribution is 9.10. The molecular weight excluding hydrogens is 322 g/mol. The predicted molar refractivity (Wildman–Crippen MR) is 80.1 cm³/mol. The lowest BCUT2D eigenvalue weighted by Crippen LogP contribution is -1.92. The molecule has 20 heavy (non-hydrogen) atoms. The van der Waals surface area contributed by atoms with Crippen molar-refractivity contribution >= 4 is 27.0 Å². The fourth-order valence-corrected chi connectivity index (χ4v) is 2.33. The van der Waals surface area contributed by atoms with Crippen LogP contribution in [0, 0.1) is 0 Å². The van der Waals surface area contributed by atoms with Gasteiger partial charge in [-0.25, -0.2) is 9.97 Å². The molecule has 6 heteroatoms. The summed E-state index contributed by atoms with van der Waals surface area (Å²) in [6, 6.07) is 7.61. The van der Waals surface area contributed by atoms with Crippen LogP contribution >= 0.6 is 15.9 Å². The Bertz CT molecular complexity index is 770. The topological polar surface area (TPSA) is 60.0 Å². The summed E-state index contributed by atoms with van der Waals surface area (Å²) in [5, 5.41) is 0. The number of aromatic amines is 1. The summed E-state index contributed by atoms with van der Waals surface area (Å²) in [6.07, 6.45) is 1.69. The van der Waals surface area contributed by atoms with Gasteiger partial charge in [-0.3, -0.25) is 0 Å². The number of rotatable bonds is 3. The SMILES string of the molecule is COc1ccc2nc(-c3cc(Br)cnc3OC)[nH]c2c1. The molecule has 0 bridgehead atoms. The molecule has 0 saturated carbocycles. The number of methoxy groups -OCH3 is 2. The van der Waals surface area contributed by atoms with E-state index in [1.807, 2.05) is 24.3 Å². The largest absolute Gasteiger partial charge is 0.497 e. The number of ether oxygens (including phenoxy) is 2. The molecule has 0 unspecified atom stereocenters. The van der Waals surface area contributed by atoms with Crippen molar-refractivity contribution in [2.45, 2.75) is 0 Å². The van der Waals surface area contributed by atoms with Gasteiger partial charge in [-0.1, -0.05) is 0 Å². The summed E-state index contributed by atoms with van der Waals surface area (Å²) in [7, 11) is 3.23. The number of fused-ring (bicyclic) bond motifs is 1. The number of nitrogens with one attached hydrogen (secondary N) is 1. The molecule has 0 saturated heterocycles. The summed E-state index contributed by atoms with van der Waals surface area (Å²) in [5.41, 5.74) is 2.57. The van der Waals surface area contributed by atoms with E-state index in [2.05, 4.69) is 30.9 Å². The number of nitrogens with zero attached hydrogens (tertiary/aromatic N) is 2. The monoisotopic (exact) mass is 333 g/mol. The van der Waals surface area contributed by atoms with Crippen molar-refractivity contribution in [3.8, 4) is 23.0 Å². The maximum absolute atomic E-state index is 5.28. The van der Waals surface area contributed by atoms with E-state index in [0.717, 1.165) is 26.8 Å². The van der Waals surface area contributed by atoms with Gasteiger partial charge in [0.25, 0.3) is 0 Å². The molecule has 1 aromatic carbocycles. The van der Waals surface area contributed by atoms with Crippen molar-refractivity contribution in [2.24, 2.45) is 0 Å². The minimum Gasteiger partial charge on any atom is -0.497 e. The van der Waals surface area contributed by atoms with E-state index in [4.69, 9.17) is 9.47 Å². The van der Waals surface area contributed by atoms with E-state index >= 15 is 0 Å². The van der Waals surface area contributed by atoms with Crippen LogP contribution in [0.4, 0.5) is 0 Å². The molecule has 0 fully saturated rings. The summed E-state index contributed by atoms with van der Waals surface area (Å²) < 4.78 is 11.4. The van der Waals surface area contributed by atoms with E-state index in [9.17, 15) is 0 Å². The molecule has 0 atom stereocenters. The molecule has 0 spiro atoms. The van der Waals surface area contributed by atoms with Gasteiger partial charge in [0, 0.05) is 16.7 Å². The first-order valence-electron chi connectivity index (χ1n) is 5.95. The van der Waals surface area contributed by atoms with Gasteiger partial charge in [0.05, 0.1) is 30.8 Å². The molecular formula is C14H12BrN3O2. The Balaban J connectivity index is 2.17. The molecule has 2 heterocycles. The highest BCUT2D eigenvalue weighted by atomic mass is 79.9. The van der Waals surface area contributed by atoms with Gasteiger partial charge in [0.1, 0.15) is 11.6 Å². The van der Waals surface area contributed by atoms with Crippen LogP contribution < -0.4 is 9.47 Å². The molecule has 0 aliphatic carbocycles. The maximum Gasteiger partial charge on any atom is 0.224 e. The normalized spacial score (nSPS) is 10.8. The Labute approximate surface area is 124 Å². The fourth-order valence-electron chi connectivity index (χ4n) is 2.00. The van der Waals surface area contributed by atoms with Crippen LogP contribution in [-0.4, -0.2) is 29.2 Å². The number of halogens is 1. The van der Waals surface area contributed by atoms with Gasteiger partial charge in [0.15, 0.2) is 0 Å². The van der Waals surface area contributed by atoms with Crippen LogP contribution in [0.15, 0.2) is 34.9 Å². The van der Waals surface area contributed by atoms with Gasteiger partial charge < -0.3 is 14.5 Å². The third-order valence-corrected chi connectivity index (χ3v) is 3.39. The standard InChI is InChI=1S/C14H12BrN3O2/c1-19-9-3-4-11-12(6-9)18-13(17-11)10-5-8(15)7-16-14(10)20-2/h3-7H,1-2H3,(H,17,18). The number of hydrogen-bond acceptors (Lipinski definition) is 4. The van der Waals surface area contributed by atoms with Crippen LogP contribution in [0.2, 0.25) is 0 Å².